The number of carbonyl (C=O) groups is 1. The highest BCUT2D eigenvalue weighted by Gasteiger charge is 2.15. The van der Waals surface area contributed by atoms with Crippen LogP contribution in [0.5, 0.6) is 0 Å². The van der Waals surface area contributed by atoms with Crippen molar-refractivity contribution >= 4 is 50.7 Å². The normalized spacial score (nSPS) is 10.3. The predicted octanol–water partition coefficient (Wildman–Crippen LogP) is 5.14. The molecule has 2 nitrogen and oxygen atoms in total. The second kappa shape index (κ2) is 6.42. The third-order valence-corrected chi connectivity index (χ3v) is 3.83. The molecule has 2 rings (SSSR count). The highest BCUT2D eigenvalue weighted by atomic mass is 79.9. The molecule has 2 aromatic carbocycles. The van der Waals surface area contributed by atoms with Gasteiger partial charge in [0, 0.05) is 11.0 Å². The van der Waals surface area contributed by atoms with Gasteiger partial charge in [0.2, 0.25) is 0 Å². The van der Waals surface area contributed by atoms with Gasteiger partial charge in [-0.2, -0.15) is 0 Å². The van der Waals surface area contributed by atoms with Crippen LogP contribution in [0.2, 0.25) is 10.0 Å². The molecule has 5 heteroatoms. The van der Waals surface area contributed by atoms with E-state index in [0.717, 1.165) is 11.3 Å². The van der Waals surface area contributed by atoms with Gasteiger partial charge in [-0.3, -0.25) is 4.79 Å². The number of alkyl halides is 1. The third-order valence-electron chi connectivity index (χ3n) is 2.60. The molecule has 0 heterocycles. The number of carbonyl (C=O) groups excluding carboxylic acids is 1. The predicted molar refractivity (Wildman–Crippen MR) is 83.5 cm³/mol. The summed E-state index contributed by atoms with van der Waals surface area (Å²) in [7, 11) is 0. The largest absolute Gasteiger partial charge is 0.322 e. The van der Waals surface area contributed by atoms with Gasteiger partial charge in [0.25, 0.3) is 5.91 Å². The summed E-state index contributed by atoms with van der Waals surface area (Å²) in [5.41, 5.74) is 2.01. The lowest BCUT2D eigenvalue weighted by Crippen LogP contribution is -2.14. The van der Waals surface area contributed by atoms with Gasteiger partial charge in [-0.1, -0.05) is 63.4 Å². The Kier molecular flexibility index (Phi) is 4.86. The molecule has 0 saturated carbocycles. The lowest BCUT2D eigenvalue weighted by Gasteiger charge is -2.11. The summed E-state index contributed by atoms with van der Waals surface area (Å²) in [5.74, 6) is -0.316. The molecule has 0 atom stereocenters. The Morgan fingerprint density at radius 1 is 1.05 bits per heavy atom. The molecule has 0 unspecified atom stereocenters. The summed E-state index contributed by atoms with van der Waals surface area (Å²) < 4.78 is 0. The van der Waals surface area contributed by atoms with Crippen LogP contribution >= 0.6 is 39.1 Å². The summed E-state index contributed by atoms with van der Waals surface area (Å²) in [4.78, 5) is 12.2. The summed E-state index contributed by atoms with van der Waals surface area (Å²) in [5, 5.41) is 4.14. The zero-order valence-corrected chi connectivity index (χ0v) is 12.9. The number of nitrogens with one attached hydrogen (secondary N) is 1. The van der Waals surface area contributed by atoms with E-state index in [1.807, 2.05) is 24.3 Å². The Morgan fingerprint density at radius 3 is 2.32 bits per heavy atom. The second-order valence-corrected chi connectivity index (χ2v) is 5.22. The van der Waals surface area contributed by atoms with Crippen molar-refractivity contribution in [3.05, 3.63) is 63.6 Å². The van der Waals surface area contributed by atoms with Crippen molar-refractivity contribution in [1.29, 1.82) is 0 Å². The quantitative estimate of drug-likeness (QED) is 0.756. The monoisotopic (exact) mass is 357 g/mol. The van der Waals surface area contributed by atoms with E-state index in [-0.39, 0.29) is 11.5 Å². The van der Waals surface area contributed by atoms with Crippen LogP contribution in [0, 0.1) is 0 Å². The maximum Gasteiger partial charge on any atom is 0.258 e. The summed E-state index contributed by atoms with van der Waals surface area (Å²) in [6.07, 6.45) is 0. The molecular weight excluding hydrogens is 349 g/mol. The SMILES string of the molecule is O=C(Nc1ccccc1CBr)c1c(Cl)cccc1Cl. The van der Waals surface area contributed by atoms with Crippen molar-refractivity contribution < 1.29 is 4.79 Å². The number of anilines is 1. The van der Waals surface area contributed by atoms with Gasteiger partial charge in [-0.15, -0.1) is 0 Å². The van der Waals surface area contributed by atoms with Crippen LogP contribution in [0.1, 0.15) is 15.9 Å². The first-order valence-corrected chi connectivity index (χ1v) is 7.40. The fourth-order valence-electron chi connectivity index (χ4n) is 1.66. The first-order chi connectivity index (χ1) is 9.13. The fraction of sp³-hybridized carbons (Fsp3) is 0.0714. The first kappa shape index (κ1) is 14.4. The van der Waals surface area contributed by atoms with Crippen molar-refractivity contribution in [1.82, 2.24) is 0 Å². The van der Waals surface area contributed by atoms with Gasteiger partial charge in [0.1, 0.15) is 0 Å². The summed E-state index contributed by atoms with van der Waals surface area (Å²) in [6, 6.07) is 12.5. The van der Waals surface area contributed by atoms with Gasteiger partial charge in [0.15, 0.2) is 0 Å². The van der Waals surface area contributed by atoms with Crippen molar-refractivity contribution in [2.24, 2.45) is 0 Å². The van der Waals surface area contributed by atoms with Gasteiger partial charge in [-0.25, -0.2) is 0 Å². The molecule has 0 spiro atoms. The Balaban J connectivity index is 2.31. The molecule has 0 aliphatic heterocycles. The van der Waals surface area contributed by atoms with E-state index >= 15 is 0 Å². The van der Waals surface area contributed by atoms with Crippen LogP contribution in [-0.4, -0.2) is 5.91 Å². The molecule has 0 aliphatic carbocycles. The number of amides is 1. The molecule has 98 valence electrons. The van der Waals surface area contributed by atoms with Gasteiger partial charge in [-0.05, 0) is 23.8 Å². The highest BCUT2D eigenvalue weighted by Crippen LogP contribution is 2.26. The minimum absolute atomic E-state index is 0.287. The topological polar surface area (TPSA) is 29.1 Å². The highest BCUT2D eigenvalue weighted by molar-refractivity contribution is 9.08. The lowest BCUT2D eigenvalue weighted by molar-refractivity contribution is 0.102. The van der Waals surface area contributed by atoms with Crippen molar-refractivity contribution in [2.45, 2.75) is 5.33 Å². The minimum Gasteiger partial charge on any atom is -0.322 e. The number of hydrogen-bond acceptors (Lipinski definition) is 1. The van der Waals surface area contributed by atoms with Gasteiger partial charge in [0.05, 0.1) is 15.6 Å². The third kappa shape index (κ3) is 3.30. The van der Waals surface area contributed by atoms with Crippen LogP contribution < -0.4 is 5.32 Å². The zero-order chi connectivity index (χ0) is 13.8. The molecule has 2 aromatic rings. The maximum atomic E-state index is 12.2. The Hall–Kier alpha value is -1.03. The average Bonchev–Trinajstić information content (AvgIpc) is 2.39. The molecule has 0 radical (unpaired) electrons. The second-order valence-electron chi connectivity index (χ2n) is 3.84. The van der Waals surface area contributed by atoms with E-state index in [2.05, 4.69) is 21.2 Å². The Labute approximate surface area is 129 Å². The van der Waals surface area contributed by atoms with Crippen molar-refractivity contribution in [3.63, 3.8) is 0 Å². The standard InChI is InChI=1S/C14H10BrCl2NO/c15-8-9-4-1-2-7-12(9)18-14(19)13-10(16)5-3-6-11(13)17/h1-7H,8H2,(H,18,19). The molecule has 0 fully saturated rings. The molecule has 0 saturated heterocycles. The molecular formula is C14H10BrCl2NO. The molecule has 0 aliphatic rings. The summed E-state index contributed by atoms with van der Waals surface area (Å²) in [6.45, 7) is 0. The smallest absolute Gasteiger partial charge is 0.258 e. The van der Waals surface area contributed by atoms with E-state index in [4.69, 9.17) is 23.2 Å². The Morgan fingerprint density at radius 2 is 1.68 bits per heavy atom. The number of halogens is 3. The Bertz CT molecular complexity index is 596. The van der Waals surface area contributed by atoms with Crippen LogP contribution in [0.25, 0.3) is 0 Å². The first-order valence-electron chi connectivity index (χ1n) is 5.52. The van der Waals surface area contributed by atoms with E-state index in [1.165, 1.54) is 0 Å². The number of benzene rings is 2. The molecule has 0 bridgehead atoms. The van der Waals surface area contributed by atoms with E-state index in [1.54, 1.807) is 18.2 Å². The van der Waals surface area contributed by atoms with E-state index in [0.29, 0.717) is 15.4 Å². The zero-order valence-electron chi connectivity index (χ0n) is 9.79. The van der Waals surface area contributed by atoms with Gasteiger partial charge < -0.3 is 5.32 Å². The average molecular weight is 359 g/mol. The molecule has 19 heavy (non-hydrogen) atoms. The molecule has 0 aromatic heterocycles. The lowest BCUT2D eigenvalue weighted by atomic mass is 10.1. The molecule has 1 N–H and O–H groups in total. The van der Waals surface area contributed by atoms with E-state index in [9.17, 15) is 4.79 Å². The molecule has 1 amide bonds. The van der Waals surface area contributed by atoms with Crippen LogP contribution in [0.3, 0.4) is 0 Å². The van der Waals surface area contributed by atoms with E-state index < -0.39 is 0 Å². The van der Waals surface area contributed by atoms with Crippen LogP contribution in [-0.2, 0) is 5.33 Å². The van der Waals surface area contributed by atoms with Crippen LogP contribution in [0.4, 0.5) is 5.69 Å². The number of hydrogen-bond donors (Lipinski definition) is 1. The van der Waals surface area contributed by atoms with Crippen molar-refractivity contribution in [3.8, 4) is 0 Å². The fourth-order valence-corrected chi connectivity index (χ4v) is 2.72. The van der Waals surface area contributed by atoms with Gasteiger partial charge >= 0.3 is 0 Å². The van der Waals surface area contributed by atoms with Crippen LogP contribution in [0.15, 0.2) is 42.5 Å². The number of para-hydroxylation sites is 1. The minimum atomic E-state index is -0.316. The summed E-state index contributed by atoms with van der Waals surface area (Å²) >= 11 is 15.4. The number of rotatable bonds is 3. The van der Waals surface area contributed by atoms with Crippen molar-refractivity contribution in [2.75, 3.05) is 5.32 Å². The maximum absolute atomic E-state index is 12.2.